The number of benzene rings is 6. The quantitative estimate of drug-likeness (QED) is 0.194. The molecule has 3 heteroatoms. The lowest BCUT2D eigenvalue weighted by atomic mass is 9.69. The van der Waals surface area contributed by atoms with E-state index in [1.165, 1.54) is 27.8 Å². The Morgan fingerprint density at radius 3 is 1.48 bits per heavy atom. The minimum absolute atomic E-state index is 0.363. The van der Waals surface area contributed by atoms with Crippen LogP contribution in [-0.4, -0.2) is 15.0 Å². The van der Waals surface area contributed by atoms with Crippen LogP contribution >= 0.6 is 0 Å². The van der Waals surface area contributed by atoms with Gasteiger partial charge in [-0.15, -0.1) is 0 Å². The van der Waals surface area contributed by atoms with E-state index in [1.54, 1.807) is 0 Å². The summed E-state index contributed by atoms with van der Waals surface area (Å²) in [5.74, 6) is 2.71. The summed E-state index contributed by atoms with van der Waals surface area (Å²) in [5, 5.41) is 0. The van der Waals surface area contributed by atoms with Crippen molar-refractivity contribution in [2.75, 3.05) is 0 Å². The third-order valence-electron chi connectivity index (χ3n) is 9.53. The molecule has 2 aliphatic carbocycles. The van der Waals surface area contributed by atoms with Crippen molar-refractivity contribution in [3.8, 4) is 67.5 Å². The molecule has 3 nitrogen and oxygen atoms in total. The van der Waals surface area contributed by atoms with Gasteiger partial charge in [0, 0.05) is 28.5 Å². The number of nitrogens with zero attached hydrogens (tertiary/aromatic N) is 3. The Morgan fingerprint density at radius 1 is 0.312 bits per heavy atom. The van der Waals surface area contributed by atoms with E-state index < -0.39 is 0 Å². The van der Waals surface area contributed by atoms with Crippen LogP contribution in [0, 0.1) is 0 Å². The van der Waals surface area contributed by atoms with Crippen LogP contribution in [0.3, 0.4) is 0 Å². The van der Waals surface area contributed by atoms with Gasteiger partial charge in [-0.25, -0.2) is 15.0 Å². The van der Waals surface area contributed by atoms with Crippen molar-refractivity contribution in [1.29, 1.82) is 0 Å². The molecule has 48 heavy (non-hydrogen) atoms. The van der Waals surface area contributed by atoms with E-state index in [-0.39, 0.29) is 0 Å². The molecule has 0 spiro atoms. The molecule has 9 rings (SSSR count). The molecule has 0 saturated carbocycles. The highest BCUT2D eigenvalue weighted by molar-refractivity contribution is 5.82. The predicted molar refractivity (Wildman–Crippen MR) is 196 cm³/mol. The van der Waals surface area contributed by atoms with Crippen molar-refractivity contribution >= 4 is 0 Å². The average molecular weight is 614 g/mol. The molecule has 2 unspecified atom stereocenters. The largest absolute Gasteiger partial charge is 0.208 e. The molecule has 0 bridgehead atoms. The molecule has 0 fully saturated rings. The molecule has 1 heterocycles. The Bertz CT molecular complexity index is 2340. The van der Waals surface area contributed by atoms with Crippen LogP contribution in [0.15, 0.2) is 176 Å². The highest BCUT2D eigenvalue weighted by Gasteiger charge is 2.31. The van der Waals surface area contributed by atoms with Gasteiger partial charge in [-0.05, 0) is 56.6 Å². The van der Waals surface area contributed by atoms with Crippen LogP contribution in [0.5, 0.6) is 0 Å². The Hall–Kier alpha value is -6.19. The highest BCUT2D eigenvalue weighted by atomic mass is 15.0. The van der Waals surface area contributed by atoms with E-state index in [9.17, 15) is 0 Å². The van der Waals surface area contributed by atoms with E-state index >= 15 is 0 Å². The third-order valence-corrected chi connectivity index (χ3v) is 9.53. The number of allylic oxidation sites excluding steroid dienone is 4. The first-order valence-electron chi connectivity index (χ1n) is 16.4. The maximum absolute atomic E-state index is 5.02. The van der Waals surface area contributed by atoms with Crippen molar-refractivity contribution in [2.45, 2.75) is 11.8 Å². The summed E-state index contributed by atoms with van der Waals surface area (Å²) in [5.41, 5.74) is 12.9. The first kappa shape index (κ1) is 28.1. The molecule has 0 aliphatic heterocycles. The van der Waals surface area contributed by atoms with Crippen molar-refractivity contribution in [2.24, 2.45) is 0 Å². The smallest absolute Gasteiger partial charge is 0.164 e. The van der Waals surface area contributed by atoms with Crippen molar-refractivity contribution in [3.63, 3.8) is 0 Å². The standard InChI is InChI=1S/C45H31N3/c1-3-12-30(13-4-1)34-16-11-17-36(28-34)45-47-43(32-14-5-2-6-15-32)46-44(48-45)33-24-22-31(23-25-33)35-26-27-41-39-20-8-7-18-37(39)38-19-9-10-21-40(38)42(41)29-35/h1-29,37,39H. The zero-order valence-electron chi connectivity index (χ0n) is 26.2. The number of hydrogen-bond acceptors (Lipinski definition) is 3. The Kier molecular flexibility index (Phi) is 6.94. The van der Waals surface area contributed by atoms with Gasteiger partial charge in [0.2, 0.25) is 0 Å². The van der Waals surface area contributed by atoms with E-state index in [0.717, 1.165) is 33.4 Å². The summed E-state index contributed by atoms with van der Waals surface area (Å²) in [7, 11) is 0. The first-order valence-corrected chi connectivity index (χ1v) is 16.4. The summed E-state index contributed by atoms with van der Waals surface area (Å²) in [6.07, 6.45) is 9.05. The second kappa shape index (κ2) is 11.9. The zero-order chi connectivity index (χ0) is 31.9. The second-order valence-corrected chi connectivity index (χ2v) is 12.4. The van der Waals surface area contributed by atoms with Gasteiger partial charge in [0.15, 0.2) is 17.5 Å². The number of hydrogen-bond donors (Lipinski definition) is 0. The van der Waals surface area contributed by atoms with Crippen LogP contribution in [0.2, 0.25) is 0 Å². The average Bonchev–Trinajstić information content (AvgIpc) is 3.18. The molecule has 0 amide bonds. The minimum atomic E-state index is 0.363. The van der Waals surface area contributed by atoms with Gasteiger partial charge in [-0.1, -0.05) is 164 Å². The van der Waals surface area contributed by atoms with E-state index in [2.05, 4.69) is 140 Å². The monoisotopic (exact) mass is 613 g/mol. The summed E-state index contributed by atoms with van der Waals surface area (Å²) in [6.45, 7) is 0. The maximum atomic E-state index is 5.02. The van der Waals surface area contributed by atoms with Crippen LogP contribution in [0.25, 0.3) is 67.5 Å². The van der Waals surface area contributed by atoms with Gasteiger partial charge in [-0.3, -0.25) is 0 Å². The van der Waals surface area contributed by atoms with Crippen molar-refractivity contribution in [1.82, 2.24) is 15.0 Å². The maximum Gasteiger partial charge on any atom is 0.164 e. The third kappa shape index (κ3) is 5.06. The van der Waals surface area contributed by atoms with E-state index in [0.29, 0.717) is 29.3 Å². The molecule has 2 aliphatic rings. The Labute approximate surface area is 280 Å². The van der Waals surface area contributed by atoms with Crippen LogP contribution in [-0.2, 0) is 0 Å². The fourth-order valence-corrected chi connectivity index (χ4v) is 7.12. The van der Waals surface area contributed by atoms with Gasteiger partial charge in [0.1, 0.15) is 0 Å². The van der Waals surface area contributed by atoms with Crippen molar-refractivity contribution < 1.29 is 0 Å². The van der Waals surface area contributed by atoms with Gasteiger partial charge in [0.05, 0.1) is 0 Å². The lowest BCUT2D eigenvalue weighted by Crippen LogP contribution is -2.16. The first-order chi connectivity index (χ1) is 23.8. The zero-order valence-corrected chi connectivity index (χ0v) is 26.2. The molecule has 1 aromatic heterocycles. The number of aromatic nitrogens is 3. The predicted octanol–water partition coefficient (Wildman–Crippen LogP) is 11.2. The fourth-order valence-electron chi connectivity index (χ4n) is 7.12. The highest BCUT2D eigenvalue weighted by Crippen LogP contribution is 2.50. The minimum Gasteiger partial charge on any atom is -0.208 e. The SMILES string of the molecule is C1=CC2c3ccccc3-c3cc(-c4ccc(-c5nc(-c6ccccc6)nc(-c6cccc(-c7ccccc7)c6)n5)cc4)ccc3C2C=C1. The molecule has 6 aromatic carbocycles. The molecule has 2 atom stereocenters. The Morgan fingerprint density at radius 2 is 0.771 bits per heavy atom. The van der Waals surface area contributed by atoms with Gasteiger partial charge >= 0.3 is 0 Å². The molecular weight excluding hydrogens is 583 g/mol. The lowest BCUT2D eigenvalue weighted by Gasteiger charge is -2.34. The molecule has 226 valence electrons. The second-order valence-electron chi connectivity index (χ2n) is 12.4. The number of rotatable bonds is 5. The lowest BCUT2D eigenvalue weighted by molar-refractivity contribution is 0.720. The van der Waals surface area contributed by atoms with Crippen LogP contribution in [0.1, 0.15) is 23.0 Å². The molecule has 0 saturated heterocycles. The summed E-state index contributed by atoms with van der Waals surface area (Å²) >= 11 is 0. The molecular formula is C45H31N3. The van der Waals surface area contributed by atoms with Crippen LogP contribution in [0.4, 0.5) is 0 Å². The van der Waals surface area contributed by atoms with Gasteiger partial charge in [0.25, 0.3) is 0 Å². The van der Waals surface area contributed by atoms with E-state index in [1.807, 2.05) is 36.4 Å². The fraction of sp³-hybridized carbons (Fsp3) is 0.0444. The summed E-state index contributed by atoms with van der Waals surface area (Å²) < 4.78 is 0. The van der Waals surface area contributed by atoms with Gasteiger partial charge < -0.3 is 0 Å². The van der Waals surface area contributed by atoms with Crippen molar-refractivity contribution in [3.05, 3.63) is 187 Å². The normalized spacial score (nSPS) is 15.8. The van der Waals surface area contributed by atoms with Gasteiger partial charge in [-0.2, -0.15) is 0 Å². The Balaban J connectivity index is 1.10. The number of fused-ring (bicyclic) bond motifs is 6. The van der Waals surface area contributed by atoms with E-state index in [4.69, 9.17) is 15.0 Å². The molecule has 7 aromatic rings. The summed E-state index contributed by atoms with van der Waals surface area (Å²) in [6, 6.07) is 53.4. The van der Waals surface area contributed by atoms with Crippen LogP contribution < -0.4 is 0 Å². The molecule has 0 radical (unpaired) electrons. The summed E-state index contributed by atoms with van der Waals surface area (Å²) in [4.78, 5) is 14.9. The topological polar surface area (TPSA) is 38.7 Å². The molecule has 0 N–H and O–H groups in total.